The third-order valence-corrected chi connectivity index (χ3v) is 3.82. The van der Waals surface area contributed by atoms with Gasteiger partial charge in [0.05, 0.1) is 0 Å². The fourth-order valence-corrected chi connectivity index (χ4v) is 3.21. The maximum Gasteiger partial charge on any atom is 0.164 e. The van der Waals surface area contributed by atoms with Crippen LogP contribution in [-0.4, -0.2) is 19.7 Å². The van der Waals surface area contributed by atoms with Gasteiger partial charge in [-0.25, -0.2) is 9.37 Å². The molecule has 21 heavy (non-hydrogen) atoms. The van der Waals surface area contributed by atoms with E-state index in [4.69, 9.17) is 0 Å². The van der Waals surface area contributed by atoms with Crippen molar-refractivity contribution in [2.75, 3.05) is 0 Å². The number of aryl methyl sites for hydroxylation is 1. The van der Waals surface area contributed by atoms with Gasteiger partial charge in [0.25, 0.3) is 0 Å². The molecule has 3 rings (SSSR count). The number of pyridine rings is 1. The van der Waals surface area contributed by atoms with E-state index in [9.17, 15) is 4.39 Å². The molecule has 0 N–H and O–H groups in total. The van der Waals surface area contributed by atoms with Crippen LogP contribution in [0.2, 0.25) is 0 Å². The largest absolute Gasteiger partial charge is 0.317 e. The molecular formula is C14H9Br2FN4. The number of aromatic nitrogens is 4. The first-order valence-electron chi connectivity index (χ1n) is 6.02. The van der Waals surface area contributed by atoms with Crippen LogP contribution in [0.1, 0.15) is 0 Å². The Hall–Kier alpha value is -1.60. The van der Waals surface area contributed by atoms with Crippen LogP contribution in [0.25, 0.3) is 22.5 Å². The van der Waals surface area contributed by atoms with Crippen LogP contribution in [0.5, 0.6) is 0 Å². The molecule has 0 radical (unpaired) electrons. The van der Waals surface area contributed by atoms with E-state index in [1.165, 1.54) is 12.1 Å². The van der Waals surface area contributed by atoms with Gasteiger partial charge in [-0.05, 0) is 67.3 Å². The van der Waals surface area contributed by atoms with E-state index in [0.29, 0.717) is 20.6 Å². The Morgan fingerprint density at radius 2 is 1.76 bits per heavy atom. The summed E-state index contributed by atoms with van der Waals surface area (Å²) in [6.45, 7) is 0. The van der Waals surface area contributed by atoms with Crippen LogP contribution in [0, 0.1) is 5.82 Å². The van der Waals surface area contributed by atoms with E-state index in [2.05, 4.69) is 47.0 Å². The van der Waals surface area contributed by atoms with Crippen molar-refractivity contribution in [1.82, 2.24) is 19.7 Å². The number of hydrogen-bond acceptors (Lipinski definition) is 3. The van der Waals surface area contributed by atoms with Crippen LogP contribution in [0.15, 0.2) is 45.9 Å². The first-order valence-corrected chi connectivity index (χ1v) is 7.60. The Labute approximate surface area is 137 Å². The molecule has 0 amide bonds. The van der Waals surface area contributed by atoms with Crippen LogP contribution < -0.4 is 0 Å². The molecule has 7 heteroatoms. The molecule has 0 unspecified atom stereocenters. The van der Waals surface area contributed by atoms with Gasteiger partial charge in [0, 0.05) is 12.6 Å². The van der Waals surface area contributed by atoms with E-state index in [-0.39, 0.29) is 5.82 Å². The van der Waals surface area contributed by atoms with Crippen molar-refractivity contribution >= 4 is 31.9 Å². The third kappa shape index (κ3) is 2.89. The Morgan fingerprint density at radius 1 is 1.05 bits per heavy atom. The molecule has 2 heterocycles. The van der Waals surface area contributed by atoms with Crippen LogP contribution >= 0.6 is 31.9 Å². The molecule has 0 fully saturated rings. The summed E-state index contributed by atoms with van der Waals surface area (Å²) < 4.78 is 16.8. The predicted molar refractivity (Wildman–Crippen MR) is 85.0 cm³/mol. The predicted octanol–water partition coefficient (Wildman–Crippen LogP) is 4.21. The number of hydrogen-bond donors (Lipinski definition) is 0. The minimum Gasteiger partial charge on any atom is -0.317 e. The molecule has 0 atom stereocenters. The molecule has 4 nitrogen and oxygen atoms in total. The lowest BCUT2D eigenvalue weighted by Gasteiger charge is -2.10. The maximum absolute atomic E-state index is 13.7. The highest BCUT2D eigenvalue weighted by Gasteiger charge is 2.14. The highest BCUT2D eigenvalue weighted by atomic mass is 79.9. The van der Waals surface area contributed by atoms with Gasteiger partial charge in [-0.3, -0.25) is 0 Å². The minimum absolute atomic E-state index is 0.316. The van der Waals surface area contributed by atoms with E-state index in [1.54, 1.807) is 17.0 Å². The molecule has 106 valence electrons. The molecule has 0 aliphatic heterocycles. The summed E-state index contributed by atoms with van der Waals surface area (Å²) in [6, 6.07) is 8.36. The maximum atomic E-state index is 13.7. The molecule has 3 aromatic rings. The second-order valence-electron chi connectivity index (χ2n) is 4.46. The molecule has 0 saturated carbocycles. The van der Waals surface area contributed by atoms with Crippen molar-refractivity contribution in [3.8, 4) is 22.5 Å². The second-order valence-corrected chi connectivity index (χ2v) is 6.08. The fraction of sp³-hybridized carbons (Fsp3) is 0.0714. The summed E-state index contributed by atoms with van der Waals surface area (Å²) >= 11 is 6.73. The Kier molecular flexibility index (Phi) is 3.86. The number of halogens is 3. The quantitative estimate of drug-likeness (QED) is 0.593. The molecule has 0 aliphatic rings. The molecule has 2 aromatic heterocycles. The van der Waals surface area contributed by atoms with Gasteiger partial charge < -0.3 is 4.57 Å². The summed E-state index contributed by atoms with van der Waals surface area (Å²) in [7, 11) is 1.82. The van der Waals surface area contributed by atoms with Crippen molar-refractivity contribution in [3.63, 3.8) is 0 Å². The zero-order valence-electron chi connectivity index (χ0n) is 10.9. The van der Waals surface area contributed by atoms with E-state index >= 15 is 0 Å². The van der Waals surface area contributed by atoms with Gasteiger partial charge in [-0.15, -0.1) is 10.2 Å². The molecule has 1 aromatic carbocycles. The summed E-state index contributed by atoms with van der Waals surface area (Å²) in [5.41, 5.74) is 2.44. The van der Waals surface area contributed by atoms with Crippen molar-refractivity contribution in [2.45, 2.75) is 0 Å². The summed E-state index contributed by atoms with van der Waals surface area (Å²) in [5.74, 6) is 0.289. The molecule has 0 spiro atoms. The van der Waals surface area contributed by atoms with Gasteiger partial charge in [0.15, 0.2) is 5.82 Å². The van der Waals surface area contributed by atoms with Gasteiger partial charge in [-0.1, -0.05) is 6.07 Å². The zero-order chi connectivity index (χ0) is 15.0. The second kappa shape index (κ2) is 5.65. The van der Waals surface area contributed by atoms with Crippen molar-refractivity contribution in [3.05, 3.63) is 51.7 Å². The van der Waals surface area contributed by atoms with Crippen LogP contribution in [0.4, 0.5) is 4.39 Å². The van der Waals surface area contributed by atoms with E-state index in [1.807, 2.05) is 19.2 Å². The first-order chi connectivity index (χ1) is 10.0. The van der Waals surface area contributed by atoms with Gasteiger partial charge in [-0.2, -0.15) is 0 Å². The lowest BCUT2D eigenvalue weighted by molar-refractivity contribution is 0.628. The Bertz CT molecular complexity index is 796. The Morgan fingerprint density at radius 3 is 2.38 bits per heavy atom. The van der Waals surface area contributed by atoms with E-state index < -0.39 is 0 Å². The lowest BCUT2D eigenvalue weighted by Crippen LogP contribution is -1.95. The summed E-state index contributed by atoms with van der Waals surface area (Å²) in [4.78, 5) is 4.21. The molecule has 0 saturated heterocycles. The highest BCUT2D eigenvalue weighted by molar-refractivity contribution is 9.11. The van der Waals surface area contributed by atoms with Gasteiger partial charge in [0.1, 0.15) is 21.4 Å². The van der Waals surface area contributed by atoms with Crippen molar-refractivity contribution < 1.29 is 4.39 Å². The van der Waals surface area contributed by atoms with Crippen molar-refractivity contribution in [2.24, 2.45) is 7.05 Å². The zero-order valence-corrected chi connectivity index (χ0v) is 14.1. The monoisotopic (exact) mass is 410 g/mol. The Balaban J connectivity index is 2.26. The highest BCUT2D eigenvalue weighted by Crippen LogP contribution is 2.33. The summed E-state index contributed by atoms with van der Waals surface area (Å²) in [6.07, 6.45) is 1.59. The molecule has 0 aliphatic carbocycles. The average molecular weight is 412 g/mol. The standard InChI is InChI=1S/C14H9Br2FN4/c1-21-7-18-20-14(21)11-6-9(17)2-3-10(11)8-4-12(15)19-13(16)5-8/h2-7H,1H3. The first kappa shape index (κ1) is 14.3. The third-order valence-electron chi connectivity index (χ3n) is 3.01. The van der Waals surface area contributed by atoms with E-state index in [0.717, 1.165) is 11.1 Å². The SMILES string of the molecule is Cn1cnnc1-c1cc(F)ccc1-c1cc(Br)nc(Br)c1. The smallest absolute Gasteiger partial charge is 0.164 e. The lowest BCUT2D eigenvalue weighted by atomic mass is 10.00. The fourth-order valence-electron chi connectivity index (χ4n) is 2.10. The molecular weight excluding hydrogens is 403 g/mol. The summed E-state index contributed by atoms with van der Waals surface area (Å²) in [5, 5.41) is 7.92. The number of nitrogens with zero attached hydrogens (tertiary/aromatic N) is 4. The van der Waals surface area contributed by atoms with Crippen LogP contribution in [0.3, 0.4) is 0 Å². The average Bonchev–Trinajstić information content (AvgIpc) is 2.83. The van der Waals surface area contributed by atoms with Crippen molar-refractivity contribution in [1.29, 1.82) is 0 Å². The normalized spacial score (nSPS) is 10.9. The van der Waals surface area contributed by atoms with Gasteiger partial charge in [0.2, 0.25) is 0 Å². The molecule has 0 bridgehead atoms. The van der Waals surface area contributed by atoms with Crippen LogP contribution in [-0.2, 0) is 7.05 Å². The van der Waals surface area contributed by atoms with Gasteiger partial charge >= 0.3 is 0 Å². The minimum atomic E-state index is -0.316. The topological polar surface area (TPSA) is 43.6 Å². The number of rotatable bonds is 2. The number of benzene rings is 1.